The van der Waals surface area contributed by atoms with Crippen LogP contribution in [0.2, 0.25) is 0 Å². The molecule has 2 aromatic carbocycles. The number of cyclic esters (lactones) is 1. The van der Waals surface area contributed by atoms with Crippen molar-refractivity contribution >= 4 is 33.9 Å². The lowest BCUT2D eigenvalue weighted by molar-refractivity contribution is -0.139. The number of nitrogens with zero attached hydrogens (tertiary/aromatic N) is 1. The van der Waals surface area contributed by atoms with E-state index in [1.807, 2.05) is 20.8 Å². The number of carbonyl (C=O) groups excluding carboxylic acids is 1. The molecular formula is C25H23BrF3NO2. The summed E-state index contributed by atoms with van der Waals surface area (Å²) in [4.78, 5) is 16.2. The summed E-state index contributed by atoms with van der Waals surface area (Å²) in [6.45, 7) is 9.06. The van der Waals surface area contributed by atoms with Crippen LogP contribution >= 0.6 is 15.9 Å². The Labute approximate surface area is 193 Å². The van der Waals surface area contributed by atoms with Gasteiger partial charge < -0.3 is 4.74 Å². The highest BCUT2D eigenvalue weighted by Gasteiger charge is 2.39. The fourth-order valence-corrected chi connectivity index (χ4v) is 3.98. The molecule has 1 aliphatic rings. The largest absolute Gasteiger partial charge is 0.402 e. The van der Waals surface area contributed by atoms with E-state index in [0.717, 1.165) is 22.3 Å². The van der Waals surface area contributed by atoms with Gasteiger partial charge in [-0.05, 0) is 96.1 Å². The van der Waals surface area contributed by atoms with Crippen molar-refractivity contribution in [2.45, 2.75) is 46.7 Å². The Morgan fingerprint density at radius 1 is 1.09 bits per heavy atom. The van der Waals surface area contributed by atoms with E-state index in [9.17, 15) is 18.0 Å². The van der Waals surface area contributed by atoms with Gasteiger partial charge in [0, 0.05) is 4.47 Å². The molecule has 0 N–H and O–H groups in total. The summed E-state index contributed by atoms with van der Waals surface area (Å²) >= 11 is 3.41. The number of alkyl halides is 3. The summed E-state index contributed by atoms with van der Waals surface area (Å²) < 4.78 is 47.3. The van der Waals surface area contributed by atoms with E-state index in [4.69, 9.17) is 4.74 Å². The van der Waals surface area contributed by atoms with Crippen LogP contribution in [0.25, 0.3) is 6.08 Å². The maximum absolute atomic E-state index is 13.8. The van der Waals surface area contributed by atoms with Crippen molar-refractivity contribution in [1.82, 2.24) is 0 Å². The van der Waals surface area contributed by atoms with Crippen LogP contribution in [0.15, 0.2) is 57.1 Å². The predicted octanol–water partition coefficient (Wildman–Crippen LogP) is 7.33. The second-order valence-corrected chi connectivity index (χ2v) is 8.91. The lowest BCUT2D eigenvalue weighted by Gasteiger charge is -2.19. The molecule has 0 amide bonds. The zero-order valence-electron chi connectivity index (χ0n) is 18.4. The fraction of sp³-hybridized carbons (Fsp3) is 0.280. The molecule has 3 nitrogen and oxygen atoms in total. The van der Waals surface area contributed by atoms with Crippen LogP contribution < -0.4 is 0 Å². The van der Waals surface area contributed by atoms with Crippen molar-refractivity contribution in [3.63, 3.8) is 0 Å². The average molecular weight is 506 g/mol. The molecule has 1 atom stereocenters. The minimum absolute atomic E-state index is 0.160. The Kier molecular flexibility index (Phi) is 6.79. The summed E-state index contributed by atoms with van der Waals surface area (Å²) in [5.74, 6) is -2.08. The van der Waals surface area contributed by atoms with Crippen molar-refractivity contribution in [3.05, 3.63) is 85.5 Å². The number of aryl methyl sites for hydroxylation is 2. The van der Waals surface area contributed by atoms with Crippen molar-refractivity contribution < 1.29 is 22.7 Å². The third kappa shape index (κ3) is 5.04. The first kappa shape index (κ1) is 24.0. The third-order valence-electron chi connectivity index (χ3n) is 5.44. The van der Waals surface area contributed by atoms with Gasteiger partial charge in [0.15, 0.2) is 5.70 Å². The Bertz CT molecular complexity index is 1150. The Morgan fingerprint density at radius 2 is 1.72 bits per heavy atom. The average Bonchev–Trinajstić information content (AvgIpc) is 3.07. The topological polar surface area (TPSA) is 38.7 Å². The van der Waals surface area contributed by atoms with Crippen LogP contribution in [0.5, 0.6) is 0 Å². The summed E-state index contributed by atoms with van der Waals surface area (Å²) in [7, 11) is 0. The van der Waals surface area contributed by atoms with E-state index in [1.54, 1.807) is 44.2 Å². The van der Waals surface area contributed by atoms with Gasteiger partial charge in [-0.1, -0.05) is 30.4 Å². The zero-order chi connectivity index (χ0) is 23.8. The first-order chi connectivity index (χ1) is 14.9. The van der Waals surface area contributed by atoms with Crippen molar-refractivity contribution in [3.8, 4) is 0 Å². The van der Waals surface area contributed by atoms with Crippen LogP contribution in [0.4, 0.5) is 13.2 Å². The summed E-state index contributed by atoms with van der Waals surface area (Å²) in [5.41, 5.74) is 4.98. The zero-order valence-corrected chi connectivity index (χ0v) is 20.0. The lowest BCUT2D eigenvalue weighted by Crippen LogP contribution is -2.19. The maximum Gasteiger partial charge on any atom is 0.399 e. The number of rotatable bonds is 4. The minimum Gasteiger partial charge on any atom is -0.402 e. The number of allylic oxidation sites excluding steroid dienone is 2. The smallest absolute Gasteiger partial charge is 0.399 e. The number of hydrogen-bond donors (Lipinski definition) is 0. The second-order valence-electron chi connectivity index (χ2n) is 8.05. The molecular weight excluding hydrogens is 483 g/mol. The van der Waals surface area contributed by atoms with E-state index in [2.05, 4.69) is 20.9 Å². The molecule has 1 aliphatic heterocycles. The highest BCUT2D eigenvalue weighted by Crippen LogP contribution is 2.38. The van der Waals surface area contributed by atoms with Crippen molar-refractivity contribution in [2.75, 3.05) is 0 Å². The number of esters is 1. The highest BCUT2D eigenvalue weighted by molar-refractivity contribution is 9.10. The van der Waals surface area contributed by atoms with E-state index in [0.29, 0.717) is 15.6 Å². The normalized spacial score (nSPS) is 15.2. The molecule has 0 fully saturated rings. The van der Waals surface area contributed by atoms with Crippen LogP contribution in [-0.4, -0.2) is 18.0 Å². The molecule has 0 saturated carbocycles. The first-order valence-corrected chi connectivity index (χ1v) is 10.8. The van der Waals surface area contributed by atoms with Crippen LogP contribution in [0.1, 0.15) is 53.1 Å². The number of halogens is 4. The number of carbonyl (C=O) groups is 1. The molecule has 0 saturated heterocycles. The van der Waals surface area contributed by atoms with Crippen molar-refractivity contribution in [1.29, 1.82) is 0 Å². The molecule has 0 bridgehead atoms. The SMILES string of the molecule is CC(C)=C1N=C(c2ccc(/C=C/C(c3cc(C)c(C)c(C)c3)C(F)(F)F)cc2Br)OC1=O. The Balaban J connectivity index is 1.93. The Hall–Kier alpha value is -2.67. The first-order valence-electron chi connectivity index (χ1n) is 9.99. The van der Waals surface area contributed by atoms with Gasteiger partial charge in [-0.3, -0.25) is 0 Å². The molecule has 0 aromatic heterocycles. The molecule has 0 aliphatic carbocycles. The van der Waals surface area contributed by atoms with Gasteiger partial charge in [0.05, 0.1) is 11.5 Å². The minimum atomic E-state index is -4.42. The van der Waals surface area contributed by atoms with E-state index >= 15 is 0 Å². The summed E-state index contributed by atoms with van der Waals surface area (Å²) in [5, 5.41) is 0. The van der Waals surface area contributed by atoms with E-state index in [1.165, 1.54) is 12.2 Å². The highest BCUT2D eigenvalue weighted by atomic mass is 79.9. The quantitative estimate of drug-likeness (QED) is 0.322. The van der Waals surface area contributed by atoms with Crippen LogP contribution in [0, 0.1) is 20.8 Å². The molecule has 2 aromatic rings. The molecule has 1 heterocycles. The fourth-order valence-electron chi connectivity index (χ4n) is 3.41. The molecule has 1 unspecified atom stereocenters. The third-order valence-corrected chi connectivity index (χ3v) is 6.09. The van der Waals surface area contributed by atoms with Gasteiger partial charge >= 0.3 is 12.1 Å². The molecule has 3 rings (SSSR count). The van der Waals surface area contributed by atoms with Crippen molar-refractivity contribution in [2.24, 2.45) is 4.99 Å². The molecule has 0 spiro atoms. The van der Waals surface area contributed by atoms with Gasteiger partial charge in [-0.25, -0.2) is 9.79 Å². The number of benzene rings is 2. The summed E-state index contributed by atoms with van der Waals surface area (Å²) in [6, 6.07) is 8.18. The van der Waals surface area contributed by atoms with Gasteiger partial charge in [0.2, 0.25) is 5.90 Å². The van der Waals surface area contributed by atoms with Crippen LogP contribution in [0.3, 0.4) is 0 Å². The van der Waals surface area contributed by atoms with Gasteiger partial charge in [-0.15, -0.1) is 0 Å². The predicted molar refractivity (Wildman–Crippen MR) is 124 cm³/mol. The molecule has 7 heteroatoms. The maximum atomic E-state index is 13.8. The standard InChI is InChI=1S/C25H23BrF3NO2/c1-13(2)22-24(31)32-23(30-22)19-8-6-17(12-21(19)26)7-9-20(25(27,28)29)18-10-14(3)16(5)15(4)11-18/h6-12,20H,1-5H3/b9-7+. The van der Waals surface area contributed by atoms with Crippen LogP contribution in [-0.2, 0) is 9.53 Å². The van der Waals surface area contributed by atoms with Gasteiger partial charge in [0.25, 0.3) is 0 Å². The molecule has 0 radical (unpaired) electrons. The summed E-state index contributed by atoms with van der Waals surface area (Å²) in [6.07, 6.45) is -1.81. The molecule has 168 valence electrons. The Morgan fingerprint density at radius 3 is 2.22 bits per heavy atom. The van der Waals surface area contributed by atoms with E-state index in [-0.39, 0.29) is 17.2 Å². The van der Waals surface area contributed by atoms with Gasteiger partial charge in [0.1, 0.15) is 0 Å². The monoisotopic (exact) mass is 505 g/mol. The van der Waals surface area contributed by atoms with E-state index < -0.39 is 18.1 Å². The second kappa shape index (κ2) is 9.06. The number of aliphatic imine (C=N–C) groups is 1. The number of hydrogen-bond acceptors (Lipinski definition) is 3. The van der Waals surface area contributed by atoms with Gasteiger partial charge in [-0.2, -0.15) is 13.2 Å². The number of ether oxygens (including phenoxy) is 1. The molecule has 32 heavy (non-hydrogen) atoms. The lowest BCUT2D eigenvalue weighted by atomic mass is 9.91.